The van der Waals surface area contributed by atoms with E-state index in [-0.39, 0.29) is 12.4 Å². The van der Waals surface area contributed by atoms with E-state index in [9.17, 15) is 19.6 Å². The molecule has 0 aromatic carbocycles. The monoisotopic (exact) mass is 294 g/mol. The third-order valence-electron chi connectivity index (χ3n) is 4.28. The van der Waals surface area contributed by atoms with Crippen molar-refractivity contribution in [3.8, 4) is 6.07 Å². The van der Waals surface area contributed by atoms with E-state index >= 15 is 0 Å². The zero-order chi connectivity index (χ0) is 16.0. The number of hydrogen-bond donors (Lipinski definition) is 1. The van der Waals surface area contributed by atoms with Crippen molar-refractivity contribution >= 4 is 17.7 Å². The van der Waals surface area contributed by atoms with Gasteiger partial charge >= 0.3 is 5.97 Å². The molecule has 0 unspecified atom stereocenters. The molecule has 6 nitrogen and oxygen atoms in total. The fourth-order valence-electron chi connectivity index (χ4n) is 3.46. The minimum absolute atomic E-state index is 0.145. The van der Waals surface area contributed by atoms with Crippen molar-refractivity contribution in [2.24, 2.45) is 23.0 Å². The molecule has 2 N–H and O–H groups in total. The average molecular weight is 294 g/mol. The first kappa shape index (κ1) is 17.2. The Hall–Kier alpha value is -1.90. The second-order valence-corrected chi connectivity index (χ2v) is 5.55. The summed E-state index contributed by atoms with van der Waals surface area (Å²) in [5.74, 6) is -4.08. The number of nitrogens with zero attached hydrogens (tertiary/aromatic N) is 1. The second-order valence-electron chi connectivity index (χ2n) is 5.55. The van der Waals surface area contributed by atoms with Crippen molar-refractivity contribution in [1.82, 2.24) is 0 Å². The van der Waals surface area contributed by atoms with Gasteiger partial charge in [-0.1, -0.05) is 19.3 Å². The van der Waals surface area contributed by atoms with Gasteiger partial charge in [0.05, 0.1) is 12.7 Å². The van der Waals surface area contributed by atoms with Crippen molar-refractivity contribution in [3.63, 3.8) is 0 Å². The number of hydrogen-bond acceptors (Lipinski definition) is 5. The van der Waals surface area contributed by atoms with Crippen LogP contribution in [-0.2, 0) is 19.1 Å². The van der Waals surface area contributed by atoms with E-state index < -0.39 is 29.1 Å². The number of ether oxygens (including phenoxy) is 1. The lowest BCUT2D eigenvalue weighted by Crippen LogP contribution is -2.50. The van der Waals surface area contributed by atoms with Crippen LogP contribution in [0.3, 0.4) is 0 Å². The minimum atomic E-state index is -1.16. The Bertz CT molecular complexity index is 461. The Morgan fingerprint density at radius 3 is 2.24 bits per heavy atom. The molecule has 0 saturated heterocycles. The summed E-state index contributed by atoms with van der Waals surface area (Å²) in [6.45, 7) is 3.10. The summed E-state index contributed by atoms with van der Waals surface area (Å²) in [4.78, 5) is 36.0. The molecule has 0 bridgehead atoms. The van der Waals surface area contributed by atoms with E-state index in [2.05, 4.69) is 0 Å². The Kier molecular flexibility index (Phi) is 5.89. The summed E-state index contributed by atoms with van der Waals surface area (Å²) in [5.41, 5.74) is 4.32. The van der Waals surface area contributed by atoms with Gasteiger partial charge in [-0.3, -0.25) is 14.4 Å². The number of nitriles is 1. The molecule has 1 fully saturated rings. The first-order valence-corrected chi connectivity index (χ1v) is 7.26. The predicted octanol–water partition coefficient (Wildman–Crippen LogP) is 1.33. The van der Waals surface area contributed by atoms with Crippen molar-refractivity contribution < 1.29 is 19.1 Å². The summed E-state index contributed by atoms with van der Waals surface area (Å²) in [5, 5.41) is 9.34. The van der Waals surface area contributed by atoms with E-state index in [0.29, 0.717) is 12.8 Å². The zero-order valence-corrected chi connectivity index (χ0v) is 12.6. The fourth-order valence-corrected chi connectivity index (χ4v) is 3.46. The molecule has 2 atom stereocenters. The van der Waals surface area contributed by atoms with Gasteiger partial charge in [0.15, 0.2) is 0 Å². The van der Waals surface area contributed by atoms with E-state index in [1.54, 1.807) is 6.92 Å². The first-order chi connectivity index (χ1) is 9.90. The molecule has 116 valence electrons. The van der Waals surface area contributed by atoms with Crippen molar-refractivity contribution in [3.05, 3.63) is 0 Å². The van der Waals surface area contributed by atoms with E-state index in [4.69, 9.17) is 10.5 Å². The highest BCUT2D eigenvalue weighted by atomic mass is 16.5. The number of Topliss-reactive ketones (excluding diaryl/α,β-unsaturated/α-hetero) is 1. The molecule has 1 aliphatic carbocycles. The largest absolute Gasteiger partial charge is 0.465 e. The lowest BCUT2D eigenvalue weighted by molar-refractivity contribution is -0.160. The number of primary amides is 1. The normalized spacial score (nSPS) is 19.9. The highest BCUT2D eigenvalue weighted by molar-refractivity contribution is 5.99. The minimum Gasteiger partial charge on any atom is -0.465 e. The summed E-state index contributed by atoms with van der Waals surface area (Å²) in [6, 6.07) is 1.91. The quantitative estimate of drug-likeness (QED) is 0.587. The van der Waals surface area contributed by atoms with Crippen LogP contribution in [0.15, 0.2) is 0 Å². The Morgan fingerprint density at radius 2 is 1.86 bits per heavy atom. The van der Waals surface area contributed by atoms with Crippen LogP contribution in [0.2, 0.25) is 0 Å². The molecule has 0 spiro atoms. The SMILES string of the molecule is CCOC(=O)[C@H](C(C)=O)C1([C@H](C#N)C(N)=O)CCCCC1. The maximum Gasteiger partial charge on any atom is 0.317 e. The van der Waals surface area contributed by atoms with Crippen LogP contribution in [0.1, 0.15) is 46.0 Å². The molecule has 6 heteroatoms. The van der Waals surface area contributed by atoms with E-state index in [1.807, 2.05) is 6.07 Å². The lowest BCUT2D eigenvalue weighted by atomic mass is 9.58. The van der Waals surface area contributed by atoms with Crippen LogP contribution >= 0.6 is 0 Å². The molecule has 0 radical (unpaired) electrons. The topological polar surface area (TPSA) is 110 Å². The average Bonchev–Trinajstić information content (AvgIpc) is 2.39. The standard InChI is InChI=1S/C15H22N2O4/c1-3-21-14(20)12(10(2)18)15(7-5-4-6-8-15)11(9-16)13(17)19/h11-12H,3-8H2,1-2H3,(H2,17,19)/t11-,12+/m1/s1. The molecule has 1 amide bonds. The first-order valence-electron chi connectivity index (χ1n) is 7.26. The van der Waals surface area contributed by atoms with Crippen LogP contribution in [0.5, 0.6) is 0 Å². The van der Waals surface area contributed by atoms with Crippen molar-refractivity contribution in [1.29, 1.82) is 5.26 Å². The molecule has 21 heavy (non-hydrogen) atoms. The highest BCUT2D eigenvalue weighted by Crippen LogP contribution is 2.49. The van der Waals surface area contributed by atoms with Crippen LogP contribution in [-0.4, -0.2) is 24.3 Å². The molecule has 0 aliphatic heterocycles. The van der Waals surface area contributed by atoms with Crippen LogP contribution in [0.25, 0.3) is 0 Å². The number of esters is 1. The summed E-state index contributed by atoms with van der Waals surface area (Å²) >= 11 is 0. The molecular weight excluding hydrogens is 272 g/mol. The second kappa shape index (κ2) is 7.21. The number of rotatable bonds is 6. The molecule has 1 rings (SSSR count). The number of amides is 1. The van der Waals surface area contributed by atoms with E-state index in [0.717, 1.165) is 19.3 Å². The number of carbonyl (C=O) groups excluding carboxylic acids is 3. The molecule has 0 heterocycles. The smallest absolute Gasteiger partial charge is 0.317 e. The molecule has 0 aromatic rings. The van der Waals surface area contributed by atoms with Gasteiger partial charge in [0.1, 0.15) is 17.6 Å². The summed E-state index contributed by atoms with van der Waals surface area (Å²) < 4.78 is 5.00. The Labute approximate surface area is 124 Å². The van der Waals surface area contributed by atoms with Crippen molar-refractivity contribution in [2.45, 2.75) is 46.0 Å². The summed E-state index contributed by atoms with van der Waals surface area (Å²) in [7, 11) is 0. The fraction of sp³-hybridized carbons (Fsp3) is 0.733. The maximum absolute atomic E-state index is 12.2. The van der Waals surface area contributed by atoms with Gasteiger partial charge in [0.25, 0.3) is 0 Å². The number of carbonyl (C=O) groups is 3. The molecule has 1 aliphatic rings. The number of nitrogens with two attached hydrogens (primary N) is 1. The van der Waals surface area contributed by atoms with Gasteiger partial charge < -0.3 is 10.5 Å². The van der Waals surface area contributed by atoms with Gasteiger partial charge in [-0.05, 0) is 26.7 Å². The third kappa shape index (κ3) is 3.41. The van der Waals surface area contributed by atoms with Gasteiger partial charge in [0, 0.05) is 5.41 Å². The third-order valence-corrected chi connectivity index (χ3v) is 4.28. The van der Waals surface area contributed by atoms with Crippen LogP contribution < -0.4 is 5.73 Å². The van der Waals surface area contributed by atoms with Gasteiger partial charge in [-0.25, -0.2) is 0 Å². The van der Waals surface area contributed by atoms with Gasteiger partial charge in [0.2, 0.25) is 5.91 Å². The molecule has 1 saturated carbocycles. The van der Waals surface area contributed by atoms with Gasteiger partial charge in [-0.15, -0.1) is 0 Å². The zero-order valence-electron chi connectivity index (χ0n) is 12.6. The van der Waals surface area contributed by atoms with Gasteiger partial charge in [-0.2, -0.15) is 5.26 Å². The number of ketones is 1. The van der Waals surface area contributed by atoms with Crippen LogP contribution in [0, 0.1) is 28.6 Å². The Balaban J connectivity index is 3.32. The lowest BCUT2D eigenvalue weighted by Gasteiger charge is -2.43. The maximum atomic E-state index is 12.2. The Morgan fingerprint density at radius 1 is 1.29 bits per heavy atom. The van der Waals surface area contributed by atoms with Crippen LogP contribution in [0.4, 0.5) is 0 Å². The van der Waals surface area contributed by atoms with Crippen molar-refractivity contribution in [2.75, 3.05) is 6.61 Å². The van der Waals surface area contributed by atoms with E-state index in [1.165, 1.54) is 6.92 Å². The molecule has 0 aromatic heterocycles. The molecular formula is C15H22N2O4. The highest BCUT2D eigenvalue weighted by Gasteiger charge is 2.54. The predicted molar refractivity (Wildman–Crippen MR) is 74.6 cm³/mol. The summed E-state index contributed by atoms with van der Waals surface area (Å²) in [6.07, 6.45) is 3.38.